The highest BCUT2D eigenvalue weighted by Crippen LogP contribution is 2.33. The first-order chi connectivity index (χ1) is 8.10. The molecule has 0 unspecified atom stereocenters. The summed E-state index contributed by atoms with van der Waals surface area (Å²) in [6.07, 6.45) is 1.20. The summed E-state index contributed by atoms with van der Waals surface area (Å²) in [5.74, 6) is 0. The van der Waals surface area contributed by atoms with E-state index in [-0.39, 0.29) is 5.41 Å². The van der Waals surface area contributed by atoms with Gasteiger partial charge in [0.2, 0.25) is 0 Å². The molecule has 2 aromatic heterocycles. The molecule has 2 rings (SSSR count). The average molecular weight is 294 g/mol. The van der Waals surface area contributed by atoms with E-state index < -0.39 is 11.1 Å². The van der Waals surface area contributed by atoms with Gasteiger partial charge in [-0.3, -0.25) is 4.40 Å². The molecular weight excluding hydrogens is 283 g/mol. The molecule has 0 aliphatic heterocycles. The summed E-state index contributed by atoms with van der Waals surface area (Å²) < 4.78 is 27.4. The highest BCUT2D eigenvalue weighted by atomic mass is 35.5. The summed E-state index contributed by atoms with van der Waals surface area (Å²) in [6.45, 7) is 5.81. The minimum Gasteiger partial charge on any atom is -0.273 e. The summed E-state index contributed by atoms with van der Waals surface area (Å²) in [6, 6.07) is 1.13. The van der Waals surface area contributed by atoms with Crippen LogP contribution in [0.2, 0.25) is 5.15 Å². The normalized spacial score (nSPS) is 13.3. The van der Waals surface area contributed by atoms with Gasteiger partial charge in [-0.25, -0.2) is 9.97 Å². The third kappa shape index (κ3) is 2.29. The number of fused-ring (bicyclic) bond motifs is 1. The Bertz CT molecular complexity index is 597. The van der Waals surface area contributed by atoms with Gasteiger partial charge in [0.1, 0.15) is 22.8 Å². The second kappa shape index (κ2) is 4.03. The molecule has 0 aliphatic carbocycles. The molecule has 18 heavy (non-hydrogen) atoms. The van der Waals surface area contributed by atoms with Crippen molar-refractivity contribution in [2.24, 2.45) is 0 Å². The van der Waals surface area contributed by atoms with Crippen molar-refractivity contribution in [2.75, 3.05) is 0 Å². The van der Waals surface area contributed by atoms with E-state index in [1.165, 1.54) is 10.7 Å². The number of nitrogens with zero attached hydrogens (tertiary/aromatic N) is 3. The quantitative estimate of drug-likeness (QED) is 0.745. The molecule has 0 aromatic carbocycles. The van der Waals surface area contributed by atoms with Crippen LogP contribution in [-0.2, 0) is 10.8 Å². The zero-order chi connectivity index (χ0) is 13.7. The predicted octanol–water partition coefficient (Wildman–Crippen LogP) is 3.97. The first-order valence-corrected chi connectivity index (χ1v) is 5.97. The summed E-state index contributed by atoms with van der Waals surface area (Å²) >= 11 is 11.1. The van der Waals surface area contributed by atoms with Gasteiger partial charge in [0.25, 0.3) is 0 Å². The molecule has 0 saturated carbocycles. The molecule has 7 heteroatoms. The van der Waals surface area contributed by atoms with E-state index in [2.05, 4.69) is 9.97 Å². The van der Waals surface area contributed by atoms with E-state index in [1.807, 2.05) is 20.8 Å². The zero-order valence-corrected chi connectivity index (χ0v) is 11.5. The van der Waals surface area contributed by atoms with Crippen LogP contribution in [0.3, 0.4) is 0 Å². The molecule has 0 bridgehead atoms. The average Bonchev–Trinajstić information content (AvgIpc) is 2.54. The van der Waals surface area contributed by atoms with Gasteiger partial charge in [0.05, 0.1) is 5.69 Å². The van der Waals surface area contributed by atoms with Crippen molar-refractivity contribution in [1.29, 1.82) is 0 Å². The molecule has 0 fully saturated rings. The number of halogens is 4. The van der Waals surface area contributed by atoms with Gasteiger partial charge in [-0.15, -0.1) is 0 Å². The number of alkyl halides is 3. The van der Waals surface area contributed by atoms with E-state index in [1.54, 1.807) is 0 Å². The Balaban J connectivity index is 2.67. The van der Waals surface area contributed by atoms with E-state index in [0.29, 0.717) is 16.5 Å². The largest absolute Gasteiger partial charge is 0.364 e. The first-order valence-electron chi connectivity index (χ1n) is 5.22. The zero-order valence-electron chi connectivity index (χ0n) is 10.0. The lowest BCUT2D eigenvalue weighted by Gasteiger charge is -2.15. The standard InChI is InChI=1S/C11H11Cl2F2N3/c1-10(2,3)8-9(12)18-5-16-6(11(13,14)15)4-7(18)17-8/h4-5H,1-3H3. The van der Waals surface area contributed by atoms with Crippen LogP contribution < -0.4 is 0 Å². The molecule has 0 N–H and O–H groups in total. The minimum absolute atomic E-state index is 0.285. The summed E-state index contributed by atoms with van der Waals surface area (Å²) in [5, 5.41) is -3.14. The smallest absolute Gasteiger partial charge is 0.273 e. The van der Waals surface area contributed by atoms with Crippen LogP contribution in [0, 0.1) is 0 Å². The summed E-state index contributed by atoms with van der Waals surface area (Å²) in [7, 11) is 0. The summed E-state index contributed by atoms with van der Waals surface area (Å²) in [5.41, 5.74) is 0.0993. The molecule has 0 spiro atoms. The molecule has 98 valence electrons. The molecule has 3 nitrogen and oxygen atoms in total. The Hall–Kier alpha value is -0.940. The van der Waals surface area contributed by atoms with Crippen LogP contribution in [0.15, 0.2) is 12.4 Å². The second-order valence-electron chi connectivity index (χ2n) is 5.00. The van der Waals surface area contributed by atoms with Crippen LogP contribution in [0.25, 0.3) is 5.65 Å². The predicted molar refractivity (Wildman–Crippen MR) is 66.4 cm³/mol. The lowest BCUT2D eigenvalue weighted by atomic mass is 9.93. The lowest BCUT2D eigenvalue weighted by Crippen LogP contribution is -2.12. The third-order valence-corrected chi connectivity index (χ3v) is 3.01. The Morgan fingerprint density at radius 1 is 1.28 bits per heavy atom. The lowest BCUT2D eigenvalue weighted by molar-refractivity contribution is 0.0899. The SMILES string of the molecule is CC(C)(C)c1nc2cc(C(F)(F)Cl)ncn2c1Cl. The van der Waals surface area contributed by atoms with Gasteiger partial charge in [0.15, 0.2) is 0 Å². The molecule has 2 aromatic rings. The van der Waals surface area contributed by atoms with E-state index in [4.69, 9.17) is 23.2 Å². The fourth-order valence-electron chi connectivity index (χ4n) is 1.55. The van der Waals surface area contributed by atoms with Crippen molar-refractivity contribution < 1.29 is 8.78 Å². The fourth-order valence-corrected chi connectivity index (χ4v) is 2.11. The van der Waals surface area contributed by atoms with Crippen LogP contribution in [0.5, 0.6) is 0 Å². The minimum atomic E-state index is -3.51. The molecule has 0 aliphatic rings. The van der Waals surface area contributed by atoms with Crippen molar-refractivity contribution in [2.45, 2.75) is 31.6 Å². The monoisotopic (exact) mass is 293 g/mol. The Morgan fingerprint density at radius 3 is 2.39 bits per heavy atom. The number of rotatable bonds is 1. The second-order valence-corrected chi connectivity index (χ2v) is 5.83. The first kappa shape index (κ1) is 13.5. The molecule has 0 radical (unpaired) electrons. The molecule has 2 heterocycles. The molecule has 0 atom stereocenters. The number of aromatic nitrogens is 3. The maximum absolute atomic E-state index is 13.0. The van der Waals surface area contributed by atoms with E-state index in [9.17, 15) is 8.78 Å². The Kier molecular flexibility index (Phi) is 3.02. The van der Waals surface area contributed by atoms with Crippen LogP contribution in [-0.4, -0.2) is 14.4 Å². The van der Waals surface area contributed by atoms with E-state index >= 15 is 0 Å². The van der Waals surface area contributed by atoms with Crippen molar-refractivity contribution in [1.82, 2.24) is 14.4 Å². The molecule has 0 amide bonds. The highest BCUT2D eigenvalue weighted by molar-refractivity contribution is 6.30. The maximum Gasteiger partial charge on any atom is 0.364 e. The molecule has 0 saturated heterocycles. The highest BCUT2D eigenvalue weighted by Gasteiger charge is 2.31. The van der Waals surface area contributed by atoms with Gasteiger partial charge in [-0.1, -0.05) is 32.4 Å². The van der Waals surface area contributed by atoms with Crippen molar-refractivity contribution >= 4 is 28.8 Å². The van der Waals surface area contributed by atoms with Crippen LogP contribution in [0.1, 0.15) is 32.2 Å². The summed E-state index contributed by atoms with van der Waals surface area (Å²) in [4.78, 5) is 7.85. The third-order valence-electron chi connectivity index (χ3n) is 2.46. The maximum atomic E-state index is 13.0. The van der Waals surface area contributed by atoms with Gasteiger partial charge in [0, 0.05) is 11.5 Å². The Morgan fingerprint density at radius 2 is 1.89 bits per heavy atom. The number of hydrogen-bond donors (Lipinski definition) is 0. The van der Waals surface area contributed by atoms with Gasteiger partial charge in [-0.2, -0.15) is 8.78 Å². The van der Waals surface area contributed by atoms with Gasteiger partial charge < -0.3 is 0 Å². The Labute approximate surface area is 113 Å². The number of imidazole rings is 1. The van der Waals surface area contributed by atoms with Crippen molar-refractivity contribution in [3.63, 3.8) is 0 Å². The van der Waals surface area contributed by atoms with Crippen molar-refractivity contribution in [3.05, 3.63) is 28.9 Å². The topological polar surface area (TPSA) is 30.2 Å². The van der Waals surface area contributed by atoms with Crippen LogP contribution in [0.4, 0.5) is 8.78 Å². The van der Waals surface area contributed by atoms with E-state index in [0.717, 1.165) is 6.07 Å². The van der Waals surface area contributed by atoms with Gasteiger partial charge in [-0.05, 0) is 11.6 Å². The van der Waals surface area contributed by atoms with Gasteiger partial charge >= 0.3 is 5.38 Å². The number of hydrogen-bond acceptors (Lipinski definition) is 2. The van der Waals surface area contributed by atoms with Crippen LogP contribution >= 0.6 is 23.2 Å². The molecular formula is C11H11Cl2F2N3. The van der Waals surface area contributed by atoms with Crippen molar-refractivity contribution in [3.8, 4) is 0 Å². The fraction of sp³-hybridized carbons (Fsp3) is 0.455.